The normalized spacial score (nSPS) is 14.2. The van der Waals surface area contributed by atoms with Crippen molar-refractivity contribution in [1.29, 1.82) is 0 Å². The topological polar surface area (TPSA) is 67.1 Å². The van der Waals surface area contributed by atoms with Crippen LogP contribution in [-0.2, 0) is 0 Å². The summed E-state index contributed by atoms with van der Waals surface area (Å²) in [5.41, 5.74) is 8.86. The van der Waals surface area contributed by atoms with Crippen LogP contribution in [0.25, 0.3) is 22.0 Å². The zero-order valence-corrected chi connectivity index (χ0v) is 14.1. The molecule has 1 saturated heterocycles. The van der Waals surface area contributed by atoms with Crippen molar-refractivity contribution in [3.63, 3.8) is 0 Å². The standard InChI is InChI=1S/C19H20FN5/c1-22-18-13-8-7-12(11-15(13)23-19(21)24-18)17-14(20)5-4-6-16(17)25-9-2-3-10-25/h4-8,11H,2-3,9-10H2,1H3,(H3,21,22,23,24). The fraction of sp³-hybridized carbons (Fsp3) is 0.263. The predicted molar refractivity (Wildman–Crippen MR) is 100 cm³/mol. The van der Waals surface area contributed by atoms with Gasteiger partial charge < -0.3 is 16.0 Å². The van der Waals surface area contributed by atoms with Gasteiger partial charge in [-0.05, 0) is 42.7 Å². The van der Waals surface area contributed by atoms with Gasteiger partial charge in [-0.25, -0.2) is 9.37 Å². The van der Waals surface area contributed by atoms with Crippen LogP contribution in [0.3, 0.4) is 0 Å². The Hall–Kier alpha value is -2.89. The summed E-state index contributed by atoms with van der Waals surface area (Å²) in [6, 6.07) is 11.0. The first-order valence-corrected chi connectivity index (χ1v) is 8.46. The highest BCUT2D eigenvalue weighted by Crippen LogP contribution is 2.36. The highest BCUT2D eigenvalue weighted by atomic mass is 19.1. The molecule has 5 nitrogen and oxygen atoms in total. The smallest absolute Gasteiger partial charge is 0.222 e. The van der Waals surface area contributed by atoms with E-state index in [2.05, 4.69) is 20.2 Å². The van der Waals surface area contributed by atoms with Crippen molar-refractivity contribution >= 4 is 28.4 Å². The van der Waals surface area contributed by atoms with Gasteiger partial charge in [0.05, 0.1) is 5.52 Å². The Labute approximate surface area is 145 Å². The second kappa shape index (κ2) is 6.20. The number of nitrogens with two attached hydrogens (primary N) is 1. The molecule has 0 aliphatic carbocycles. The fourth-order valence-corrected chi connectivity index (χ4v) is 3.51. The van der Waals surface area contributed by atoms with E-state index in [1.165, 1.54) is 6.07 Å². The van der Waals surface area contributed by atoms with E-state index in [0.29, 0.717) is 16.9 Å². The second-order valence-electron chi connectivity index (χ2n) is 6.24. The summed E-state index contributed by atoms with van der Waals surface area (Å²) in [5.74, 6) is 0.643. The minimum absolute atomic E-state index is 0.197. The molecule has 2 aromatic carbocycles. The van der Waals surface area contributed by atoms with Crippen LogP contribution in [0.15, 0.2) is 36.4 Å². The molecule has 1 aliphatic heterocycles. The monoisotopic (exact) mass is 337 g/mol. The Morgan fingerprint density at radius 1 is 1.12 bits per heavy atom. The molecule has 3 N–H and O–H groups in total. The van der Waals surface area contributed by atoms with Gasteiger partial charge >= 0.3 is 0 Å². The molecule has 0 amide bonds. The van der Waals surface area contributed by atoms with Gasteiger partial charge in [0.25, 0.3) is 0 Å². The van der Waals surface area contributed by atoms with E-state index < -0.39 is 0 Å². The Kier molecular flexibility index (Phi) is 3.87. The summed E-state index contributed by atoms with van der Waals surface area (Å²) < 4.78 is 14.7. The molecular weight excluding hydrogens is 317 g/mol. The maximum Gasteiger partial charge on any atom is 0.222 e. The Morgan fingerprint density at radius 3 is 2.68 bits per heavy atom. The minimum Gasteiger partial charge on any atom is -0.372 e. The van der Waals surface area contributed by atoms with Crippen LogP contribution in [-0.4, -0.2) is 30.1 Å². The molecule has 128 valence electrons. The molecule has 4 rings (SSSR count). The number of benzene rings is 2. The van der Waals surface area contributed by atoms with Crippen molar-refractivity contribution in [3.05, 3.63) is 42.2 Å². The van der Waals surface area contributed by atoms with Crippen molar-refractivity contribution in [2.75, 3.05) is 36.1 Å². The Morgan fingerprint density at radius 2 is 1.92 bits per heavy atom. The lowest BCUT2D eigenvalue weighted by atomic mass is 10.0. The molecule has 1 aromatic heterocycles. The molecule has 0 bridgehead atoms. The number of hydrogen-bond donors (Lipinski definition) is 2. The summed E-state index contributed by atoms with van der Waals surface area (Å²) in [7, 11) is 1.79. The second-order valence-corrected chi connectivity index (χ2v) is 6.24. The SMILES string of the molecule is CNc1nc(N)nc2cc(-c3c(F)cccc3N3CCCC3)ccc12. The molecule has 0 radical (unpaired) electrons. The molecule has 0 atom stereocenters. The molecule has 0 spiro atoms. The molecule has 0 unspecified atom stereocenters. The molecule has 1 aliphatic rings. The number of hydrogen-bond acceptors (Lipinski definition) is 5. The van der Waals surface area contributed by atoms with Crippen LogP contribution in [0.4, 0.5) is 21.8 Å². The molecule has 6 heteroatoms. The van der Waals surface area contributed by atoms with E-state index >= 15 is 0 Å². The quantitative estimate of drug-likeness (QED) is 0.763. The lowest BCUT2D eigenvalue weighted by molar-refractivity contribution is 0.631. The maximum atomic E-state index is 14.7. The minimum atomic E-state index is -0.223. The number of nitrogens with zero attached hydrogens (tertiary/aromatic N) is 3. The first-order valence-electron chi connectivity index (χ1n) is 8.46. The van der Waals surface area contributed by atoms with Crippen molar-refractivity contribution < 1.29 is 4.39 Å². The Balaban J connectivity index is 1.90. The zero-order valence-electron chi connectivity index (χ0n) is 14.1. The summed E-state index contributed by atoms with van der Waals surface area (Å²) >= 11 is 0. The van der Waals surface area contributed by atoms with Gasteiger partial charge in [0.1, 0.15) is 11.6 Å². The predicted octanol–water partition coefficient (Wildman–Crippen LogP) is 3.66. The van der Waals surface area contributed by atoms with E-state index in [-0.39, 0.29) is 11.8 Å². The summed E-state index contributed by atoms with van der Waals surface area (Å²) in [5, 5.41) is 3.88. The van der Waals surface area contributed by atoms with Crippen LogP contribution >= 0.6 is 0 Å². The average Bonchev–Trinajstić information content (AvgIpc) is 3.14. The van der Waals surface area contributed by atoms with E-state index in [0.717, 1.165) is 42.6 Å². The lowest BCUT2D eigenvalue weighted by Gasteiger charge is -2.22. The lowest BCUT2D eigenvalue weighted by Crippen LogP contribution is -2.18. The van der Waals surface area contributed by atoms with Gasteiger partial charge in [0, 0.05) is 36.8 Å². The van der Waals surface area contributed by atoms with Gasteiger partial charge in [0.15, 0.2) is 0 Å². The van der Waals surface area contributed by atoms with E-state index in [1.807, 2.05) is 24.3 Å². The van der Waals surface area contributed by atoms with Gasteiger partial charge in [-0.2, -0.15) is 4.98 Å². The number of fused-ring (bicyclic) bond motifs is 1. The van der Waals surface area contributed by atoms with Crippen LogP contribution in [0.1, 0.15) is 12.8 Å². The average molecular weight is 337 g/mol. The van der Waals surface area contributed by atoms with Crippen molar-refractivity contribution in [2.24, 2.45) is 0 Å². The van der Waals surface area contributed by atoms with Gasteiger partial charge in [-0.1, -0.05) is 12.1 Å². The maximum absolute atomic E-state index is 14.7. The highest BCUT2D eigenvalue weighted by molar-refractivity contribution is 5.94. The first-order chi connectivity index (χ1) is 12.2. The molecular formula is C19H20FN5. The summed E-state index contributed by atoms with van der Waals surface area (Å²) in [6.45, 7) is 1.92. The third-order valence-corrected chi connectivity index (χ3v) is 4.68. The summed E-state index contributed by atoms with van der Waals surface area (Å²) in [4.78, 5) is 10.8. The van der Waals surface area contributed by atoms with Crippen molar-refractivity contribution in [3.8, 4) is 11.1 Å². The van der Waals surface area contributed by atoms with E-state index in [1.54, 1.807) is 13.1 Å². The first kappa shape index (κ1) is 15.6. The molecule has 25 heavy (non-hydrogen) atoms. The third-order valence-electron chi connectivity index (χ3n) is 4.68. The highest BCUT2D eigenvalue weighted by Gasteiger charge is 2.20. The number of rotatable bonds is 3. The van der Waals surface area contributed by atoms with Crippen molar-refractivity contribution in [1.82, 2.24) is 9.97 Å². The molecule has 0 saturated carbocycles. The van der Waals surface area contributed by atoms with Gasteiger partial charge in [-0.3, -0.25) is 0 Å². The number of nitrogens with one attached hydrogen (secondary N) is 1. The number of halogens is 1. The van der Waals surface area contributed by atoms with Gasteiger partial charge in [0.2, 0.25) is 5.95 Å². The van der Waals surface area contributed by atoms with Crippen LogP contribution < -0.4 is 16.0 Å². The number of anilines is 3. The summed E-state index contributed by atoms with van der Waals surface area (Å²) in [6.07, 6.45) is 2.28. The van der Waals surface area contributed by atoms with E-state index in [9.17, 15) is 4.39 Å². The molecule has 3 aromatic rings. The van der Waals surface area contributed by atoms with Crippen LogP contribution in [0.5, 0.6) is 0 Å². The van der Waals surface area contributed by atoms with Crippen LogP contribution in [0, 0.1) is 5.82 Å². The largest absolute Gasteiger partial charge is 0.372 e. The zero-order chi connectivity index (χ0) is 17.4. The van der Waals surface area contributed by atoms with Gasteiger partial charge in [-0.15, -0.1) is 0 Å². The molecule has 1 fully saturated rings. The fourth-order valence-electron chi connectivity index (χ4n) is 3.51. The molecule has 2 heterocycles. The van der Waals surface area contributed by atoms with E-state index in [4.69, 9.17) is 5.73 Å². The number of aromatic nitrogens is 2. The third kappa shape index (κ3) is 2.73. The Bertz CT molecular complexity index is 934. The van der Waals surface area contributed by atoms with Crippen LogP contribution in [0.2, 0.25) is 0 Å². The number of nitrogen functional groups attached to an aromatic ring is 1. The van der Waals surface area contributed by atoms with Crippen molar-refractivity contribution in [2.45, 2.75) is 12.8 Å².